The van der Waals surface area contributed by atoms with E-state index >= 15 is 0 Å². The lowest BCUT2D eigenvalue weighted by molar-refractivity contribution is -0.182. The monoisotopic (exact) mass is 343 g/mol. The molecule has 2 aliphatic rings. The highest BCUT2D eigenvalue weighted by molar-refractivity contribution is 7.89. The van der Waals surface area contributed by atoms with E-state index in [4.69, 9.17) is 9.47 Å². The van der Waals surface area contributed by atoms with Crippen molar-refractivity contribution in [3.05, 3.63) is 12.3 Å². The number of ether oxygens (including phenoxy) is 2. The Hall–Kier alpha value is -0.960. The average Bonchev–Trinajstić information content (AvgIpc) is 3.05. The van der Waals surface area contributed by atoms with Crippen molar-refractivity contribution in [2.24, 2.45) is 0 Å². The number of hydrogen-bond donors (Lipinski definition) is 0. The van der Waals surface area contributed by atoms with Crippen LogP contribution in [0.25, 0.3) is 0 Å². The minimum absolute atomic E-state index is 0.0577. The lowest BCUT2D eigenvalue weighted by atomic mass is 9.82. The number of nitrogens with zero attached hydrogens (tertiary/aromatic N) is 3. The summed E-state index contributed by atoms with van der Waals surface area (Å²) in [6.45, 7) is 4.06. The van der Waals surface area contributed by atoms with Crippen LogP contribution in [0.5, 0.6) is 0 Å². The third kappa shape index (κ3) is 2.93. The summed E-state index contributed by atoms with van der Waals surface area (Å²) in [4.78, 5) is 0. The molecule has 0 saturated carbocycles. The van der Waals surface area contributed by atoms with Gasteiger partial charge in [0, 0.05) is 33.4 Å². The molecule has 2 fully saturated rings. The first-order chi connectivity index (χ1) is 11.0. The van der Waals surface area contributed by atoms with E-state index in [0.29, 0.717) is 32.5 Å². The smallest absolute Gasteiger partial charge is 0.260 e. The molecule has 3 heterocycles. The second kappa shape index (κ2) is 6.51. The number of aryl methyl sites for hydroxylation is 1. The second-order valence-corrected chi connectivity index (χ2v) is 8.05. The van der Waals surface area contributed by atoms with Gasteiger partial charge in [0.15, 0.2) is 5.03 Å². The molecule has 0 amide bonds. The van der Waals surface area contributed by atoms with Crippen molar-refractivity contribution in [3.63, 3.8) is 0 Å². The summed E-state index contributed by atoms with van der Waals surface area (Å²) in [5.74, 6) is 0. The standard InChI is InChI=1S/C15H25N3O4S/c1-3-18-14(6-9-16-18)23(19,20)17-10-7-15(8-11-17)13(21-2)5-4-12-22-15/h6,9,13H,3-5,7-8,10-12H2,1-2H3. The van der Waals surface area contributed by atoms with Crippen LogP contribution in [0.3, 0.4) is 0 Å². The van der Waals surface area contributed by atoms with Gasteiger partial charge in [-0.2, -0.15) is 9.40 Å². The fourth-order valence-corrected chi connectivity index (χ4v) is 5.32. The molecule has 0 aliphatic carbocycles. The van der Waals surface area contributed by atoms with Crippen LogP contribution in [0.15, 0.2) is 17.3 Å². The first-order valence-electron chi connectivity index (χ1n) is 8.22. The summed E-state index contributed by atoms with van der Waals surface area (Å²) in [5, 5.41) is 4.34. The second-order valence-electron chi connectivity index (χ2n) is 6.17. The van der Waals surface area contributed by atoms with Crippen LogP contribution in [0, 0.1) is 0 Å². The number of aromatic nitrogens is 2. The van der Waals surface area contributed by atoms with Gasteiger partial charge in [0.05, 0.1) is 17.9 Å². The third-order valence-electron chi connectivity index (χ3n) is 5.02. The molecule has 1 aromatic rings. The molecule has 0 aromatic carbocycles. The van der Waals surface area contributed by atoms with Crippen LogP contribution in [-0.2, 0) is 26.0 Å². The van der Waals surface area contributed by atoms with Crippen LogP contribution in [0.4, 0.5) is 0 Å². The maximum atomic E-state index is 12.8. The van der Waals surface area contributed by atoms with Crippen LogP contribution >= 0.6 is 0 Å². The Morgan fingerprint density at radius 2 is 2.17 bits per heavy atom. The molecule has 2 aliphatic heterocycles. The lowest BCUT2D eigenvalue weighted by Crippen LogP contribution is -2.56. The fraction of sp³-hybridized carbons (Fsp3) is 0.800. The van der Waals surface area contributed by atoms with Crippen molar-refractivity contribution in [2.75, 3.05) is 26.8 Å². The zero-order valence-electron chi connectivity index (χ0n) is 13.8. The van der Waals surface area contributed by atoms with E-state index < -0.39 is 10.0 Å². The molecule has 2 saturated heterocycles. The largest absolute Gasteiger partial charge is 0.378 e. The Balaban J connectivity index is 1.76. The highest BCUT2D eigenvalue weighted by atomic mass is 32.2. The molecular formula is C15H25N3O4S. The number of rotatable bonds is 4. The van der Waals surface area contributed by atoms with Gasteiger partial charge in [0.1, 0.15) is 0 Å². The Bertz CT molecular complexity index is 635. The van der Waals surface area contributed by atoms with Crippen LogP contribution in [0.2, 0.25) is 0 Å². The Morgan fingerprint density at radius 1 is 1.43 bits per heavy atom. The highest BCUT2D eigenvalue weighted by Crippen LogP contribution is 2.38. The summed E-state index contributed by atoms with van der Waals surface area (Å²) in [6.07, 6.45) is 4.91. The van der Waals surface area contributed by atoms with Gasteiger partial charge in [-0.1, -0.05) is 0 Å². The molecule has 1 spiro atoms. The predicted molar refractivity (Wildman–Crippen MR) is 84.6 cm³/mol. The van der Waals surface area contributed by atoms with E-state index in [1.807, 2.05) is 6.92 Å². The van der Waals surface area contributed by atoms with Crippen LogP contribution in [-0.4, -0.2) is 61.0 Å². The molecule has 130 valence electrons. The van der Waals surface area contributed by atoms with Crippen molar-refractivity contribution >= 4 is 10.0 Å². The molecule has 1 unspecified atom stereocenters. The van der Waals surface area contributed by atoms with Gasteiger partial charge in [0.25, 0.3) is 10.0 Å². The maximum Gasteiger partial charge on any atom is 0.260 e. The van der Waals surface area contributed by atoms with E-state index in [2.05, 4.69) is 5.10 Å². The summed E-state index contributed by atoms with van der Waals surface area (Å²) < 4.78 is 40.4. The van der Waals surface area contributed by atoms with Crippen molar-refractivity contribution in [1.82, 2.24) is 14.1 Å². The Labute approximate surface area is 137 Å². The zero-order valence-corrected chi connectivity index (χ0v) is 14.6. The maximum absolute atomic E-state index is 12.8. The summed E-state index contributed by atoms with van der Waals surface area (Å²) in [6, 6.07) is 1.57. The molecule has 8 heteroatoms. The van der Waals surface area contributed by atoms with E-state index in [0.717, 1.165) is 19.4 Å². The van der Waals surface area contributed by atoms with E-state index in [9.17, 15) is 8.42 Å². The third-order valence-corrected chi connectivity index (χ3v) is 6.94. The lowest BCUT2D eigenvalue weighted by Gasteiger charge is -2.47. The predicted octanol–water partition coefficient (Wildman–Crippen LogP) is 1.25. The normalized spacial score (nSPS) is 25.7. The molecule has 1 aromatic heterocycles. The minimum atomic E-state index is -3.50. The van der Waals surface area contributed by atoms with Crippen molar-refractivity contribution < 1.29 is 17.9 Å². The van der Waals surface area contributed by atoms with Gasteiger partial charge >= 0.3 is 0 Å². The number of methoxy groups -OCH3 is 1. The molecule has 3 rings (SSSR count). The Morgan fingerprint density at radius 3 is 2.83 bits per heavy atom. The van der Waals surface area contributed by atoms with Gasteiger partial charge in [0.2, 0.25) is 0 Å². The zero-order chi connectivity index (χ0) is 16.5. The van der Waals surface area contributed by atoms with E-state index in [1.165, 1.54) is 10.9 Å². The first-order valence-corrected chi connectivity index (χ1v) is 9.66. The topological polar surface area (TPSA) is 73.7 Å². The summed E-state index contributed by atoms with van der Waals surface area (Å²) >= 11 is 0. The fourth-order valence-electron chi connectivity index (χ4n) is 3.71. The van der Waals surface area contributed by atoms with Crippen molar-refractivity contribution in [1.29, 1.82) is 0 Å². The number of hydrogen-bond acceptors (Lipinski definition) is 5. The SMILES string of the molecule is CCn1nccc1S(=O)(=O)N1CCC2(CC1)OCCCC2OC. The molecule has 23 heavy (non-hydrogen) atoms. The first kappa shape index (κ1) is 16.9. The van der Waals surface area contributed by atoms with Gasteiger partial charge < -0.3 is 9.47 Å². The molecule has 7 nitrogen and oxygen atoms in total. The molecule has 0 radical (unpaired) electrons. The van der Waals surface area contributed by atoms with Crippen molar-refractivity contribution in [2.45, 2.75) is 55.9 Å². The summed E-state index contributed by atoms with van der Waals surface area (Å²) in [5.41, 5.74) is -0.329. The van der Waals surface area contributed by atoms with E-state index in [-0.39, 0.29) is 16.7 Å². The van der Waals surface area contributed by atoms with Gasteiger partial charge in [-0.05, 0) is 38.7 Å². The van der Waals surface area contributed by atoms with Crippen molar-refractivity contribution in [3.8, 4) is 0 Å². The summed E-state index contributed by atoms with van der Waals surface area (Å²) in [7, 11) is -1.79. The number of piperidine rings is 1. The number of sulfonamides is 1. The quantitative estimate of drug-likeness (QED) is 0.823. The van der Waals surface area contributed by atoms with Crippen LogP contribution < -0.4 is 0 Å². The van der Waals surface area contributed by atoms with Gasteiger partial charge in [-0.25, -0.2) is 8.42 Å². The van der Waals surface area contributed by atoms with Gasteiger partial charge in [-0.3, -0.25) is 4.68 Å². The Kier molecular flexibility index (Phi) is 4.78. The highest BCUT2D eigenvalue weighted by Gasteiger charge is 2.46. The molecule has 0 N–H and O–H groups in total. The minimum Gasteiger partial charge on any atom is -0.378 e. The molecule has 1 atom stereocenters. The van der Waals surface area contributed by atoms with Crippen LogP contribution in [0.1, 0.15) is 32.6 Å². The van der Waals surface area contributed by atoms with E-state index in [1.54, 1.807) is 17.5 Å². The van der Waals surface area contributed by atoms with Gasteiger partial charge in [-0.15, -0.1) is 0 Å². The molecular weight excluding hydrogens is 318 g/mol. The average molecular weight is 343 g/mol. The molecule has 0 bridgehead atoms.